The molecule has 4 nitrogen and oxygen atoms in total. The van der Waals surface area contributed by atoms with Crippen LogP contribution >= 0.6 is 0 Å². The number of aryl methyl sites for hydroxylation is 1. The molecular formula is C16H22N2O2. The van der Waals surface area contributed by atoms with E-state index in [1.165, 1.54) is 32.1 Å². The predicted octanol–water partition coefficient (Wildman–Crippen LogP) is 4.35. The van der Waals surface area contributed by atoms with Gasteiger partial charge in [-0.05, 0) is 30.7 Å². The van der Waals surface area contributed by atoms with Gasteiger partial charge < -0.3 is 9.63 Å². The average molecular weight is 274 g/mol. The van der Waals surface area contributed by atoms with E-state index in [-0.39, 0.29) is 5.75 Å². The summed E-state index contributed by atoms with van der Waals surface area (Å²) in [5.41, 5.74) is 0.862. The molecule has 0 saturated carbocycles. The monoisotopic (exact) mass is 274 g/mol. The maximum Gasteiger partial charge on any atom is 0.226 e. The lowest BCUT2D eigenvalue weighted by Crippen LogP contribution is -1.87. The van der Waals surface area contributed by atoms with Crippen molar-refractivity contribution in [2.24, 2.45) is 0 Å². The molecule has 20 heavy (non-hydrogen) atoms. The van der Waals surface area contributed by atoms with E-state index in [9.17, 15) is 5.11 Å². The molecule has 2 aromatic rings. The second-order valence-corrected chi connectivity index (χ2v) is 5.08. The summed E-state index contributed by atoms with van der Waals surface area (Å²) in [6, 6.07) is 6.82. The Kier molecular flexibility index (Phi) is 5.59. The van der Waals surface area contributed by atoms with Crippen molar-refractivity contribution in [2.75, 3.05) is 0 Å². The van der Waals surface area contributed by atoms with Gasteiger partial charge in [-0.1, -0.05) is 44.2 Å². The van der Waals surface area contributed by atoms with Gasteiger partial charge in [0, 0.05) is 12.0 Å². The largest absolute Gasteiger partial charge is 0.508 e. The van der Waals surface area contributed by atoms with Crippen LogP contribution in [0.3, 0.4) is 0 Å². The van der Waals surface area contributed by atoms with Crippen LogP contribution in [-0.2, 0) is 6.42 Å². The average Bonchev–Trinajstić information content (AvgIpc) is 2.92. The summed E-state index contributed by atoms with van der Waals surface area (Å²) >= 11 is 0. The first-order chi connectivity index (χ1) is 9.79. The molecule has 1 aromatic heterocycles. The molecule has 4 heteroatoms. The lowest BCUT2D eigenvalue weighted by atomic mass is 10.1. The quantitative estimate of drug-likeness (QED) is 0.727. The van der Waals surface area contributed by atoms with Crippen molar-refractivity contribution in [3.8, 4) is 17.1 Å². The first-order valence-electron chi connectivity index (χ1n) is 7.41. The van der Waals surface area contributed by atoms with Crippen molar-refractivity contribution in [2.45, 2.75) is 51.9 Å². The number of benzene rings is 1. The lowest BCUT2D eigenvalue weighted by Gasteiger charge is -1.97. The molecule has 0 fully saturated rings. The van der Waals surface area contributed by atoms with E-state index in [4.69, 9.17) is 4.52 Å². The molecule has 0 aliphatic carbocycles. The molecule has 0 atom stereocenters. The lowest BCUT2D eigenvalue weighted by molar-refractivity contribution is 0.373. The van der Waals surface area contributed by atoms with Crippen molar-refractivity contribution in [3.05, 3.63) is 30.2 Å². The smallest absolute Gasteiger partial charge is 0.226 e. The second-order valence-electron chi connectivity index (χ2n) is 5.08. The van der Waals surface area contributed by atoms with Crippen LogP contribution in [0.25, 0.3) is 11.4 Å². The van der Waals surface area contributed by atoms with Gasteiger partial charge in [-0.25, -0.2) is 0 Å². The predicted molar refractivity (Wildman–Crippen MR) is 78.5 cm³/mol. The maximum absolute atomic E-state index is 9.25. The standard InChI is InChI=1S/C16H22N2O2/c1-2-3-4-5-6-7-8-15-17-16(18-20-15)13-9-11-14(19)12-10-13/h9-12,19H,2-8H2,1H3. The minimum Gasteiger partial charge on any atom is -0.508 e. The molecule has 2 rings (SSSR count). The Hall–Kier alpha value is -1.84. The summed E-state index contributed by atoms with van der Waals surface area (Å²) in [6.07, 6.45) is 8.37. The highest BCUT2D eigenvalue weighted by Crippen LogP contribution is 2.19. The summed E-state index contributed by atoms with van der Waals surface area (Å²) in [4.78, 5) is 4.38. The number of nitrogens with zero attached hydrogens (tertiary/aromatic N) is 2. The van der Waals surface area contributed by atoms with Gasteiger partial charge in [0.25, 0.3) is 0 Å². The summed E-state index contributed by atoms with van der Waals surface area (Å²) < 4.78 is 5.25. The van der Waals surface area contributed by atoms with E-state index < -0.39 is 0 Å². The summed E-state index contributed by atoms with van der Waals surface area (Å²) in [7, 11) is 0. The molecule has 1 aromatic carbocycles. The molecule has 0 unspecified atom stereocenters. The number of aromatic hydroxyl groups is 1. The van der Waals surface area contributed by atoms with Gasteiger partial charge in [0.2, 0.25) is 11.7 Å². The molecule has 0 spiro atoms. The van der Waals surface area contributed by atoms with Crippen molar-refractivity contribution < 1.29 is 9.63 Å². The summed E-state index contributed by atoms with van der Waals surface area (Å²) in [5, 5.41) is 13.2. The van der Waals surface area contributed by atoms with Crippen LogP contribution in [0.4, 0.5) is 0 Å². The summed E-state index contributed by atoms with van der Waals surface area (Å²) in [6.45, 7) is 2.23. The van der Waals surface area contributed by atoms with Crippen molar-refractivity contribution in [3.63, 3.8) is 0 Å². The fraction of sp³-hybridized carbons (Fsp3) is 0.500. The third-order valence-corrected chi connectivity index (χ3v) is 3.34. The molecule has 108 valence electrons. The zero-order valence-corrected chi connectivity index (χ0v) is 12.0. The van der Waals surface area contributed by atoms with Gasteiger partial charge in [0.15, 0.2) is 0 Å². The topological polar surface area (TPSA) is 59.2 Å². The molecule has 0 bridgehead atoms. The maximum atomic E-state index is 9.25. The van der Waals surface area contributed by atoms with E-state index >= 15 is 0 Å². The van der Waals surface area contributed by atoms with Crippen LogP contribution in [0, 0.1) is 0 Å². The first-order valence-corrected chi connectivity index (χ1v) is 7.41. The Morgan fingerprint density at radius 3 is 2.45 bits per heavy atom. The third-order valence-electron chi connectivity index (χ3n) is 3.34. The Balaban J connectivity index is 1.79. The third kappa shape index (κ3) is 4.37. The minimum atomic E-state index is 0.240. The molecule has 0 aliphatic rings. The highest BCUT2D eigenvalue weighted by atomic mass is 16.5. The number of hydrogen-bond donors (Lipinski definition) is 1. The molecule has 0 amide bonds. The van der Waals surface area contributed by atoms with Gasteiger partial charge >= 0.3 is 0 Å². The van der Waals surface area contributed by atoms with Gasteiger partial charge in [0.1, 0.15) is 5.75 Å². The van der Waals surface area contributed by atoms with Crippen LogP contribution in [0.5, 0.6) is 5.75 Å². The van der Waals surface area contributed by atoms with Crippen LogP contribution in [0.2, 0.25) is 0 Å². The van der Waals surface area contributed by atoms with E-state index in [0.29, 0.717) is 11.7 Å². The van der Waals surface area contributed by atoms with Gasteiger partial charge in [0.05, 0.1) is 0 Å². The van der Waals surface area contributed by atoms with Crippen molar-refractivity contribution in [1.29, 1.82) is 0 Å². The number of phenols is 1. The molecule has 0 radical (unpaired) electrons. The fourth-order valence-electron chi connectivity index (χ4n) is 2.14. The Morgan fingerprint density at radius 1 is 1.00 bits per heavy atom. The normalized spacial score (nSPS) is 10.8. The number of rotatable bonds is 8. The van der Waals surface area contributed by atoms with Crippen LogP contribution in [0.15, 0.2) is 28.8 Å². The number of hydrogen-bond acceptors (Lipinski definition) is 4. The summed E-state index contributed by atoms with van der Waals surface area (Å²) in [5.74, 6) is 1.53. The molecule has 1 N–H and O–H groups in total. The van der Waals surface area contributed by atoms with E-state index in [1.54, 1.807) is 24.3 Å². The van der Waals surface area contributed by atoms with Gasteiger partial charge in [-0.3, -0.25) is 0 Å². The van der Waals surface area contributed by atoms with E-state index in [2.05, 4.69) is 17.1 Å². The highest BCUT2D eigenvalue weighted by molar-refractivity contribution is 5.55. The Morgan fingerprint density at radius 2 is 1.70 bits per heavy atom. The number of unbranched alkanes of at least 4 members (excludes halogenated alkanes) is 5. The van der Waals surface area contributed by atoms with Crippen LogP contribution in [-0.4, -0.2) is 15.2 Å². The Labute approximate surface area is 119 Å². The SMILES string of the molecule is CCCCCCCCc1nc(-c2ccc(O)cc2)no1. The van der Waals surface area contributed by atoms with Crippen LogP contribution in [0.1, 0.15) is 51.3 Å². The van der Waals surface area contributed by atoms with Gasteiger partial charge in [-0.2, -0.15) is 4.98 Å². The zero-order chi connectivity index (χ0) is 14.2. The van der Waals surface area contributed by atoms with Crippen molar-refractivity contribution >= 4 is 0 Å². The molecule has 0 saturated heterocycles. The second kappa shape index (κ2) is 7.68. The number of aromatic nitrogens is 2. The molecule has 1 heterocycles. The zero-order valence-electron chi connectivity index (χ0n) is 12.0. The Bertz CT molecular complexity index is 505. The molecule has 0 aliphatic heterocycles. The first kappa shape index (κ1) is 14.6. The minimum absolute atomic E-state index is 0.240. The van der Waals surface area contributed by atoms with E-state index in [0.717, 1.165) is 18.4 Å². The fourth-order valence-corrected chi connectivity index (χ4v) is 2.14. The van der Waals surface area contributed by atoms with Crippen LogP contribution < -0.4 is 0 Å². The number of phenolic OH excluding ortho intramolecular Hbond substituents is 1. The van der Waals surface area contributed by atoms with E-state index in [1.807, 2.05) is 0 Å². The molecular weight excluding hydrogens is 252 g/mol. The van der Waals surface area contributed by atoms with Gasteiger partial charge in [-0.15, -0.1) is 0 Å². The van der Waals surface area contributed by atoms with Crippen molar-refractivity contribution in [1.82, 2.24) is 10.1 Å². The highest BCUT2D eigenvalue weighted by Gasteiger charge is 2.08.